The number of halogens is 1. The first-order valence-corrected chi connectivity index (χ1v) is 6.67. The molecule has 0 spiro atoms. The number of hydrogen-bond donors (Lipinski definition) is 0. The van der Waals surface area contributed by atoms with E-state index in [0.29, 0.717) is 5.88 Å². The minimum absolute atomic E-state index is 0.417. The number of rotatable bonds is 3. The van der Waals surface area contributed by atoms with Gasteiger partial charge >= 0.3 is 0 Å². The second-order valence-corrected chi connectivity index (χ2v) is 4.99. The fraction of sp³-hybridized carbons (Fsp3) is 0.167. The van der Waals surface area contributed by atoms with Gasteiger partial charge < -0.3 is 4.57 Å². The summed E-state index contributed by atoms with van der Waals surface area (Å²) >= 11 is 7.68. The summed E-state index contributed by atoms with van der Waals surface area (Å²) in [5.41, 5.74) is 1.99. The van der Waals surface area contributed by atoms with Crippen LogP contribution in [0.5, 0.6) is 0 Å². The number of hydrogen-bond acceptors (Lipinski definition) is 3. The van der Waals surface area contributed by atoms with Crippen molar-refractivity contribution in [1.29, 1.82) is 0 Å². The zero-order valence-corrected chi connectivity index (χ0v) is 10.6. The molecule has 0 atom stereocenters. The van der Waals surface area contributed by atoms with Gasteiger partial charge in [-0.05, 0) is 17.5 Å². The van der Waals surface area contributed by atoms with Crippen molar-refractivity contribution in [3.63, 3.8) is 0 Å². The maximum atomic E-state index is 5.94. The van der Waals surface area contributed by atoms with Gasteiger partial charge in [0.05, 0.1) is 24.1 Å². The predicted octanol–water partition coefficient (Wildman–Crippen LogP) is 3.28. The molecule has 3 aromatic heterocycles. The molecule has 0 N–H and O–H groups in total. The highest BCUT2D eigenvalue weighted by atomic mass is 35.5. The first-order valence-electron chi connectivity index (χ1n) is 5.26. The normalized spacial score (nSPS) is 11.1. The van der Waals surface area contributed by atoms with E-state index < -0.39 is 0 Å². The van der Waals surface area contributed by atoms with Gasteiger partial charge in [-0.15, -0.1) is 22.9 Å². The van der Waals surface area contributed by atoms with Crippen LogP contribution in [0.4, 0.5) is 0 Å². The molecule has 0 unspecified atom stereocenters. The van der Waals surface area contributed by atoms with E-state index in [0.717, 1.165) is 23.4 Å². The summed E-state index contributed by atoms with van der Waals surface area (Å²) < 4.78 is 2.15. The summed E-state index contributed by atoms with van der Waals surface area (Å²) in [6.07, 6.45) is 3.56. The average Bonchev–Trinajstić information content (AvgIpc) is 2.98. The van der Waals surface area contributed by atoms with Crippen LogP contribution in [0.25, 0.3) is 11.0 Å². The van der Waals surface area contributed by atoms with Gasteiger partial charge in [-0.2, -0.15) is 0 Å². The van der Waals surface area contributed by atoms with Crippen LogP contribution in [0.3, 0.4) is 0 Å². The highest BCUT2D eigenvalue weighted by Gasteiger charge is 2.10. The van der Waals surface area contributed by atoms with Gasteiger partial charge in [0, 0.05) is 11.1 Å². The number of pyridine rings is 1. The molecule has 0 amide bonds. The molecule has 0 aliphatic carbocycles. The highest BCUT2D eigenvalue weighted by molar-refractivity contribution is 7.09. The van der Waals surface area contributed by atoms with Crippen molar-refractivity contribution >= 4 is 34.0 Å². The Morgan fingerprint density at radius 1 is 1.35 bits per heavy atom. The molecule has 3 nitrogen and oxygen atoms in total. The maximum absolute atomic E-state index is 5.94. The van der Waals surface area contributed by atoms with Crippen molar-refractivity contribution in [2.75, 3.05) is 0 Å². The Labute approximate surface area is 108 Å². The van der Waals surface area contributed by atoms with E-state index >= 15 is 0 Å². The summed E-state index contributed by atoms with van der Waals surface area (Å²) in [5.74, 6) is 1.31. The lowest BCUT2D eigenvalue weighted by atomic mass is 10.4. The first kappa shape index (κ1) is 10.7. The molecular formula is C12H10ClN3S. The van der Waals surface area contributed by atoms with Gasteiger partial charge in [-0.1, -0.05) is 6.07 Å². The molecule has 0 saturated heterocycles. The fourth-order valence-corrected chi connectivity index (χ4v) is 2.77. The second-order valence-electron chi connectivity index (χ2n) is 3.69. The highest BCUT2D eigenvalue weighted by Crippen LogP contribution is 2.20. The van der Waals surface area contributed by atoms with E-state index in [9.17, 15) is 0 Å². The fourth-order valence-electron chi connectivity index (χ4n) is 1.87. The van der Waals surface area contributed by atoms with Gasteiger partial charge in [0.25, 0.3) is 0 Å². The van der Waals surface area contributed by atoms with Crippen LogP contribution < -0.4 is 0 Å². The monoisotopic (exact) mass is 263 g/mol. The molecule has 0 aromatic carbocycles. The summed E-state index contributed by atoms with van der Waals surface area (Å²) in [7, 11) is 0. The van der Waals surface area contributed by atoms with E-state index in [1.165, 1.54) is 4.88 Å². The van der Waals surface area contributed by atoms with Crippen LogP contribution in [0.1, 0.15) is 10.7 Å². The Hall–Kier alpha value is -1.39. The molecule has 5 heteroatoms. The smallest absolute Gasteiger partial charge is 0.125 e. The quantitative estimate of drug-likeness (QED) is 0.679. The molecule has 0 bridgehead atoms. The average molecular weight is 264 g/mol. The topological polar surface area (TPSA) is 30.7 Å². The van der Waals surface area contributed by atoms with Crippen LogP contribution in [0, 0.1) is 0 Å². The number of fused-ring (bicyclic) bond motifs is 1. The van der Waals surface area contributed by atoms with E-state index in [1.54, 1.807) is 23.7 Å². The minimum atomic E-state index is 0.417. The summed E-state index contributed by atoms with van der Waals surface area (Å²) in [6.45, 7) is 0.820. The van der Waals surface area contributed by atoms with Crippen LogP contribution in [0.15, 0.2) is 36.0 Å². The Bertz CT molecular complexity index is 630. The third-order valence-electron chi connectivity index (χ3n) is 2.64. The third-order valence-corrected chi connectivity index (χ3v) is 3.74. The summed E-state index contributed by atoms with van der Waals surface area (Å²) in [5, 5.41) is 2.08. The Morgan fingerprint density at radius 2 is 2.29 bits per heavy atom. The molecule has 3 heterocycles. The van der Waals surface area contributed by atoms with Crippen LogP contribution in [-0.4, -0.2) is 14.5 Å². The molecule has 3 aromatic rings. The van der Waals surface area contributed by atoms with E-state index in [2.05, 4.69) is 32.0 Å². The van der Waals surface area contributed by atoms with Gasteiger partial charge in [-0.25, -0.2) is 4.98 Å². The van der Waals surface area contributed by atoms with E-state index in [1.807, 2.05) is 6.07 Å². The van der Waals surface area contributed by atoms with Gasteiger partial charge in [0.15, 0.2) is 0 Å². The second kappa shape index (κ2) is 4.47. The Kier molecular flexibility index (Phi) is 2.82. The van der Waals surface area contributed by atoms with Crippen molar-refractivity contribution in [3.05, 3.63) is 46.7 Å². The lowest BCUT2D eigenvalue weighted by Crippen LogP contribution is -2.02. The largest absolute Gasteiger partial charge is 0.322 e. The molecule has 0 fully saturated rings. The number of aromatic nitrogens is 3. The zero-order valence-electron chi connectivity index (χ0n) is 9.01. The van der Waals surface area contributed by atoms with Gasteiger partial charge in [-0.3, -0.25) is 4.98 Å². The van der Waals surface area contributed by atoms with Gasteiger partial charge in [0.1, 0.15) is 11.3 Å². The van der Waals surface area contributed by atoms with Crippen molar-refractivity contribution in [1.82, 2.24) is 14.5 Å². The molecule has 86 valence electrons. The number of thiophene rings is 1. The third kappa shape index (κ3) is 1.94. The van der Waals surface area contributed by atoms with Crippen molar-refractivity contribution in [3.8, 4) is 0 Å². The minimum Gasteiger partial charge on any atom is -0.322 e. The lowest BCUT2D eigenvalue weighted by molar-refractivity contribution is 0.789. The molecular weight excluding hydrogens is 254 g/mol. The number of nitrogens with zero attached hydrogens (tertiary/aromatic N) is 3. The van der Waals surface area contributed by atoms with Crippen molar-refractivity contribution in [2.45, 2.75) is 12.4 Å². The Balaban J connectivity index is 2.12. The SMILES string of the molecule is ClCc1nc2cnccc2n1Cc1cccs1. The van der Waals surface area contributed by atoms with E-state index in [4.69, 9.17) is 11.6 Å². The zero-order chi connectivity index (χ0) is 11.7. The molecule has 0 aliphatic rings. The van der Waals surface area contributed by atoms with Gasteiger partial charge in [0.2, 0.25) is 0 Å². The summed E-state index contributed by atoms with van der Waals surface area (Å²) in [6, 6.07) is 6.16. The van der Waals surface area contributed by atoms with Crippen LogP contribution >= 0.6 is 22.9 Å². The molecule has 17 heavy (non-hydrogen) atoms. The lowest BCUT2D eigenvalue weighted by Gasteiger charge is -2.05. The van der Waals surface area contributed by atoms with Crippen molar-refractivity contribution < 1.29 is 0 Å². The van der Waals surface area contributed by atoms with Crippen LogP contribution in [-0.2, 0) is 12.4 Å². The Morgan fingerprint density at radius 3 is 3.06 bits per heavy atom. The first-order chi connectivity index (χ1) is 8.38. The number of alkyl halides is 1. The molecule has 0 saturated carbocycles. The summed E-state index contributed by atoms with van der Waals surface area (Å²) in [4.78, 5) is 9.87. The maximum Gasteiger partial charge on any atom is 0.125 e. The predicted molar refractivity (Wildman–Crippen MR) is 70.5 cm³/mol. The van der Waals surface area contributed by atoms with E-state index in [-0.39, 0.29) is 0 Å². The number of imidazole rings is 1. The van der Waals surface area contributed by atoms with Crippen molar-refractivity contribution in [2.24, 2.45) is 0 Å². The van der Waals surface area contributed by atoms with Crippen LogP contribution in [0.2, 0.25) is 0 Å². The molecule has 0 radical (unpaired) electrons. The molecule has 3 rings (SSSR count). The molecule has 0 aliphatic heterocycles. The standard InChI is InChI=1S/C12H10ClN3S/c13-6-12-15-10-7-14-4-3-11(10)16(12)8-9-2-1-5-17-9/h1-5,7H,6,8H2.